The third kappa shape index (κ3) is 2.43. The molecule has 0 N–H and O–H groups in total. The summed E-state index contributed by atoms with van der Waals surface area (Å²) in [5, 5.41) is 16.9. The normalized spacial score (nSPS) is 12.7. The topological polar surface area (TPSA) is 52.8 Å². The summed E-state index contributed by atoms with van der Waals surface area (Å²) in [7, 11) is 0. The van der Waals surface area contributed by atoms with Gasteiger partial charge in [-0.2, -0.15) is 5.26 Å². The molecule has 0 fully saturated rings. The Balaban J connectivity index is 1.68. The van der Waals surface area contributed by atoms with E-state index in [1.54, 1.807) is 6.07 Å². The Bertz CT molecular complexity index is 879. The maximum absolute atomic E-state index is 8.82. The molecule has 1 aliphatic heterocycles. The Morgan fingerprint density at radius 2 is 1.78 bits per heavy atom. The molecule has 4 rings (SSSR count). The molecule has 110 valence electrons. The first-order valence-electron chi connectivity index (χ1n) is 7.55. The number of nitrogens with zero attached hydrogens (tertiary/aromatic N) is 4. The van der Waals surface area contributed by atoms with Gasteiger partial charge in [-0.3, -0.25) is 0 Å². The van der Waals surface area contributed by atoms with Crippen molar-refractivity contribution >= 4 is 11.5 Å². The predicted octanol–water partition coefficient (Wildman–Crippen LogP) is 3.71. The zero-order chi connectivity index (χ0) is 15.6. The molecule has 4 nitrogen and oxygen atoms in total. The molecule has 0 bridgehead atoms. The average molecular weight is 298 g/mol. The molecule has 0 atom stereocenters. The molecule has 2 aromatic carbocycles. The SMILES string of the molecule is N#Cc1ccc(N2CCc3cc(-c4ccccc4)ccc32)nn1. The smallest absolute Gasteiger partial charge is 0.163 e. The Labute approximate surface area is 134 Å². The Kier molecular flexibility index (Phi) is 3.25. The lowest BCUT2D eigenvalue weighted by atomic mass is 10.0. The largest absolute Gasteiger partial charge is 0.324 e. The summed E-state index contributed by atoms with van der Waals surface area (Å²) >= 11 is 0. The van der Waals surface area contributed by atoms with Gasteiger partial charge in [-0.05, 0) is 47.4 Å². The lowest BCUT2D eigenvalue weighted by molar-refractivity contribution is 0.921. The molecule has 0 saturated carbocycles. The highest BCUT2D eigenvalue weighted by molar-refractivity contribution is 5.74. The van der Waals surface area contributed by atoms with Crippen molar-refractivity contribution in [1.82, 2.24) is 10.2 Å². The second-order valence-electron chi connectivity index (χ2n) is 5.50. The Hall–Kier alpha value is -3.19. The van der Waals surface area contributed by atoms with Crippen LogP contribution in [0.15, 0.2) is 60.7 Å². The van der Waals surface area contributed by atoms with Gasteiger partial charge >= 0.3 is 0 Å². The van der Waals surface area contributed by atoms with Crippen LogP contribution in [0.25, 0.3) is 11.1 Å². The van der Waals surface area contributed by atoms with Crippen LogP contribution in [-0.2, 0) is 6.42 Å². The van der Waals surface area contributed by atoms with Crippen molar-refractivity contribution in [2.24, 2.45) is 0 Å². The summed E-state index contributed by atoms with van der Waals surface area (Å²) in [5.74, 6) is 0.787. The van der Waals surface area contributed by atoms with Gasteiger partial charge in [0.2, 0.25) is 0 Å². The number of hydrogen-bond acceptors (Lipinski definition) is 4. The molecular weight excluding hydrogens is 284 g/mol. The maximum Gasteiger partial charge on any atom is 0.163 e. The van der Waals surface area contributed by atoms with Crippen LogP contribution < -0.4 is 4.90 Å². The molecule has 0 saturated heterocycles. The van der Waals surface area contributed by atoms with E-state index in [0.29, 0.717) is 5.69 Å². The van der Waals surface area contributed by atoms with E-state index >= 15 is 0 Å². The first kappa shape index (κ1) is 13.5. The number of hydrogen-bond donors (Lipinski definition) is 0. The highest BCUT2D eigenvalue weighted by Crippen LogP contribution is 2.35. The monoisotopic (exact) mass is 298 g/mol. The van der Waals surface area contributed by atoms with E-state index in [-0.39, 0.29) is 0 Å². The first-order chi connectivity index (χ1) is 11.3. The third-order valence-corrected chi connectivity index (χ3v) is 4.12. The molecule has 4 heteroatoms. The van der Waals surface area contributed by atoms with Crippen molar-refractivity contribution in [3.05, 3.63) is 71.9 Å². The number of nitriles is 1. The molecule has 3 aromatic rings. The van der Waals surface area contributed by atoms with Crippen molar-refractivity contribution in [3.63, 3.8) is 0 Å². The number of anilines is 2. The number of fused-ring (bicyclic) bond motifs is 1. The van der Waals surface area contributed by atoms with Crippen LogP contribution in [0.2, 0.25) is 0 Å². The second kappa shape index (κ2) is 5.54. The quantitative estimate of drug-likeness (QED) is 0.723. The van der Waals surface area contributed by atoms with Gasteiger partial charge in [0.05, 0.1) is 0 Å². The first-order valence-corrected chi connectivity index (χ1v) is 7.55. The maximum atomic E-state index is 8.82. The van der Waals surface area contributed by atoms with Crippen molar-refractivity contribution < 1.29 is 0 Å². The van der Waals surface area contributed by atoms with Crippen LogP contribution in [-0.4, -0.2) is 16.7 Å². The summed E-state index contributed by atoms with van der Waals surface area (Å²) in [6.45, 7) is 0.883. The highest BCUT2D eigenvalue weighted by atomic mass is 15.3. The molecule has 0 unspecified atom stereocenters. The van der Waals surface area contributed by atoms with Crippen molar-refractivity contribution in [1.29, 1.82) is 5.26 Å². The minimum Gasteiger partial charge on any atom is -0.324 e. The van der Waals surface area contributed by atoms with E-state index in [2.05, 4.69) is 57.6 Å². The van der Waals surface area contributed by atoms with Gasteiger partial charge in [0.15, 0.2) is 11.5 Å². The average Bonchev–Trinajstić information content (AvgIpc) is 3.05. The number of rotatable bonds is 2. The Morgan fingerprint density at radius 1 is 0.913 bits per heavy atom. The van der Waals surface area contributed by atoms with E-state index in [1.165, 1.54) is 22.4 Å². The minimum atomic E-state index is 0.340. The van der Waals surface area contributed by atoms with E-state index in [9.17, 15) is 0 Å². The van der Waals surface area contributed by atoms with Gasteiger partial charge in [-0.25, -0.2) is 0 Å². The van der Waals surface area contributed by atoms with Crippen LogP contribution in [0, 0.1) is 11.3 Å². The summed E-state index contributed by atoms with van der Waals surface area (Å²) in [5.41, 5.74) is 5.29. The summed E-state index contributed by atoms with van der Waals surface area (Å²) < 4.78 is 0. The molecule has 23 heavy (non-hydrogen) atoms. The number of benzene rings is 2. The van der Waals surface area contributed by atoms with Crippen LogP contribution in [0.1, 0.15) is 11.3 Å². The van der Waals surface area contributed by atoms with Gasteiger partial charge in [-0.15, -0.1) is 10.2 Å². The number of aromatic nitrogens is 2. The summed E-state index contributed by atoms with van der Waals surface area (Å²) in [4.78, 5) is 2.15. The molecule has 1 aliphatic rings. The van der Waals surface area contributed by atoms with E-state index in [0.717, 1.165) is 18.8 Å². The fourth-order valence-corrected chi connectivity index (χ4v) is 2.98. The fourth-order valence-electron chi connectivity index (χ4n) is 2.98. The van der Waals surface area contributed by atoms with Crippen molar-refractivity contribution in [3.8, 4) is 17.2 Å². The molecular formula is C19H14N4. The lowest BCUT2D eigenvalue weighted by Gasteiger charge is -2.17. The Morgan fingerprint density at radius 3 is 2.52 bits per heavy atom. The van der Waals surface area contributed by atoms with Crippen LogP contribution in [0.3, 0.4) is 0 Å². The molecule has 1 aromatic heterocycles. The summed E-state index contributed by atoms with van der Waals surface area (Å²) in [6, 6.07) is 22.5. The van der Waals surface area contributed by atoms with Crippen LogP contribution in [0.4, 0.5) is 11.5 Å². The molecule has 0 spiro atoms. The van der Waals surface area contributed by atoms with E-state index in [4.69, 9.17) is 5.26 Å². The zero-order valence-corrected chi connectivity index (χ0v) is 12.5. The fraction of sp³-hybridized carbons (Fsp3) is 0.105. The predicted molar refractivity (Wildman–Crippen MR) is 89.3 cm³/mol. The minimum absolute atomic E-state index is 0.340. The van der Waals surface area contributed by atoms with Gasteiger partial charge < -0.3 is 4.90 Å². The van der Waals surface area contributed by atoms with Gasteiger partial charge in [0.25, 0.3) is 0 Å². The van der Waals surface area contributed by atoms with Crippen LogP contribution >= 0.6 is 0 Å². The molecule has 0 aliphatic carbocycles. The van der Waals surface area contributed by atoms with Gasteiger partial charge in [0.1, 0.15) is 6.07 Å². The summed E-state index contributed by atoms with van der Waals surface area (Å²) in [6.07, 6.45) is 0.984. The van der Waals surface area contributed by atoms with Gasteiger partial charge in [-0.1, -0.05) is 36.4 Å². The molecule has 2 heterocycles. The zero-order valence-electron chi connectivity index (χ0n) is 12.5. The second-order valence-corrected chi connectivity index (χ2v) is 5.50. The van der Waals surface area contributed by atoms with Crippen molar-refractivity contribution in [2.45, 2.75) is 6.42 Å². The third-order valence-electron chi connectivity index (χ3n) is 4.12. The van der Waals surface area contributed by atoms with E-state index < -0.39 is 0 Å². The highest BCUT2D eigenvalue weighted by Gasteiger charge is 2.22. The standard InChI is InChI=1S/C19H14N4/c20-13-17-7-9-19(22-21-17)23-11-10-16-12-15(6-8-18(16)23)14-4-2-1-3-5-14/h1-9,12H,10-11H2. The lowest BCUT2D eigenvalue weighted by Crippen LogP contribution is -2.15. The van der Waals surface area contributed by atoms with Crippen LogP contribution in [0.5, 0.6) is 0 Å². The van der Waals surface area contributed by atoms with E-state index in [1.807, 2.05) is 18.2 Å². The van der Waals surface area contributed by atoms with Gasteiger partial charge in [0, 0.05) is 12.2 Å². The molecule has 0 amide bonds. The molecule has 0 radical (unpaired) electrons. The van der Waals surface area contributed by atoms with Crippen molar-refractivity contribution in [2.75, 3.05) is 11.4 Å².